The lowest BCUT2D eigenvalue weighted by atomic mass is 10.3. The molecule has 0 aromatic carbocycles. The average molecular weight is 330 g/mol. The third-order valence-electron chi connectivity index (χ3n) is 3.42. The van der Waals surface area contributed by atoms with Crippen LogP contribution in [-0.2, 0) is 19.1 Å². The maximum atomic E-state index is 11.8. The van der Waals surface area contributed by atoms with Gasteiger partial charge < -0.3 is 19.3 Å². The topological polar surface area (TPSA) is 59.1 Å². The van der Waals surface area contributed by atoms with E-state index in [1.54, 1.807) is 0 Å². The van der Waals surface area contributed by atoms with Crippen LogP contribution in [0.15, 0.2) is 0 Å². The maximum absolute atomic E-state index is 11.8. The van der Waals surface area contributed by atoms with E-state index in [2.05, 4.69) is 23.9 Å². The molecule has 0 N–H and O–H groups in total. The molecule has 0 aliphatic heterocycles. The second kappa shape index (κ2) is 13.3. The van der Waals surface area contributed by atoms with Crippen molar-refractivity contribution in [2.45, 2.75) is 52.1 Å². The minimum absolute atomic E-state index is 0.189. The van der Waals surface area contributed by atoms with Crippen molar-refractivity contribution in [1.82, 2.24) is 9.80 Å². The number of carbonyl (C=O) groups excluding carboxylic acids is 2. The second-order valence-corrected chi connectivity index (χ2v) is 6.27. The average Bonchev–Trinajstić information content (AvgIpc) is 2.45. The van der Waals surface area contributed by atoms with Crippen molar-refractivity contribution >= 4 is 11.9 Å². The van der Waals surface area contributed by atoms with Crippen molar-refractivity contribution in [3.63, 3.8) is 0 Å². The van der Waals surface area contributed by atoms with Crippen molar-refractivity contribution in [1.29, 1.82) is 0 Å². The Morgan fingerprint density at radius 2 is 1.70 bits per heavy atom. The van der Waals surface area contributed by atoms with Gasteiger partial charge in [0.25, 0.3) is 0 Å². The van der Waals surface area contributed by atoms with Crippen LogP contribution in [0.2, 0.25) is 0 Å². The quantitative estimate of drug-likeness (QED) is 0.481. The highest BCUT2D eigenvalue weighted by Gasteiger charge is 2.11. The zero-order valence-corrected chi connectivity index (χ0v) is 15.5. The van der Waals surface area contributed by atoms with Crippen LogP contribution in [-0.4, -0.2) is 75.2 Å². The highest BCUT2D eigenvalue weighted by atomic mass is 16.6. The third-order valence-corrected chi connectivity index (χ3v) is 3.42. The first-order valence-corrected chi connectivity index (χ1v) is 8.53. The van der Waals surface area contributed by atoms with Gasteiger partial charge in [-0.3, -0.25) is 9.59 Å². The van der Waals surface area contributed by atoms with Gasteiger partial charge in [-0.25, -0.2) is 0 Å². The van der Waals surface area contributed by atoms with Crippen LogP contribution in [0, 0.1) is 0 Å². The van der Waals surface area contributed by atoms with Crippen LogP contribution in [0.5, 0.6) is 0 Å². The largest absolute Gasteiger partial charge is 0.466 e. The van der Waals surface area contributed by atoms with Gasteiger partial charge in [-0.1, -0.05) is 6.92 Å². The molecular formula is C17H34N2O4. The molecule has 0 aromatic heterocycles. The Balaban J connectivity index is 3.69. The van der Waals surface area contributed by atoms with Crippen molar-refractivity contribution in [3.05, 3.63) is 0 Å². The molecule has 1 atom stereocenters. The minimum atomic E-state index is -0.226. The highest BCUT2D eigenvalue weighted by molar-refractivity contribution is 5.70. The number of ether oxygens (including phenoxy) is 2. The van der Waals surface area contributed by atoms with Crippen LogP contribution >= 0.6 is 0 Å². The zero-order valence-electron chi connectivity index (χ0n) is 15.5. The zero-order chi connectivity index (χ0) is 17.7. The minimum Gasteiger partial charge on any atom is -0.466 e. The lowest BCUT2D eigenvalue weighted by Crippen LogP contribution is -2.27. The first kappa shape index (κ1) is 21.9. The molecule has 0 fully saturated rings. The monoisotopic (exact) mass is 330 g/mol. The van der Waals surface area contributed by atoms with E-state index in [-0.39, 0.29) is 18.0 Å². The molecule has 0 aliphatic carbocycles. The molecule has 0 rings (SSSR count). The Hall–Kier alpha value is -1.14. The van der Waals surface area contributed by atoms with Crippen molar-refractivity contribution in [3.8, 4) is 0 Å². The van der Waals surface area contributed by atoms with Gasteiger partial charge in [0.05, 0.1) is 13.0 Å². The van der Waals surface area contributed by atoms with Gasteiger partial charge in [0.2, 0.25) is 0 Å². The van der Waals surface area contributed by atoms with Crippen LogP contribution in [0.25, 0.3) is 0 Å². The molecule has 1 unspecified atom stereocenters. The number of esters is 2. The van der Waals surface area contributed by atoms with Crippen molar-refractivity contribution in [2.75, 3.05) is 47.4 Å². The van der Waals surface area contributed by atoms with E-state index in [0.29, 0.717) is 32.4 Å². The Morgan fingerprint density at radius 3 is 2.30 bits per heavy atom. The van der Waals surface area contributed by atoms with E-state index in [1.165, 1.54) is 0 Å². The SMILES string of the molecule is CCCC(=O)OCCC(C)OC(=O)CCN(C)CCCN(C)C. The molecule has 0 saturated heterocycles. The molecule has 6 nitrogen and oxygen atoms in total. The third kappa shape index (κ3) is 14.2. The molecule has 0 saturated carbocycles. The number of rotatable bonds is 13. The molecule has 0 aliphatic rings. The molecule has 6 heteroatoms. The predicted molar refractivity (Wildman–Crippen MR) is 91.3 cm³/mol. The van der Waals surface area contributed by atoms with Crippen LogP contribution in [0.1, 0.15) is 46.0 Å². The molecule has 0 aromatic rings. The van der Waals surface area contributed by atoms with Gasteiger partial charge in [-0.15, -0.1) is 0 Å². The Labute approximate surface area is 141 Å². The number of hydrogen-bond donors (Lipinski definition) is 0. The lowest BCUT2D eigenvalue weighted by Gasteiger charge is -2.18. The number of carbonyl (C=O) groups is 2. The van der Waals surface area contributed by atoms with Gasteiger partial charge in [0.15, 0.2) is 0 Å². The first-order valence-electron chi connectivity index (χ1n) is 8.53. The lowest BCUT2D eigenvalue weighted by molar-refractivity contribution is -0.150. The molecular weight excluding hydrogens is 296 g/mol. The standard InChI is InChI=1S/C17H34N2O4/c1-6-8-16(20)22-14-10-15(2)23-17(21)9-13-19(5)12-7-11-18(3)4/h15H,6-14H2,1-5H3. The van der Waals surface area contributed by atoms with E-state index >= 15 is 0 Å². The Bertz CT molecular complexity index is 335. The summed E-state index contributed by atoms with van der Waals surface area (Å²) < 4.78 is 10.4. The van der Waals surface area contributed by atoms with E-state index in [1.807, 2.05) is 20.9 Å². The molecule has 136 valence electrons. The molecule has 0 amide bonds. The Morgan fingerprint density at radius 1 is 1.00 bits per heavy atom. The number of hydrogen-bond acceptors (Lipinski definition) is 6. The van der Waals surface area contributed by atoms with Crippen LogP contribution in [0.4, 0.5) is 0 Å². The fourth-order valence-corrected chi connectivity index (χ4v) is 2.01. The van der Waals surface area contributed by atoms with E-state index in [9.17, 15) is 9.59 Å². The fraction of sp³-hybridized carbons (Fsp3) is 0.882. The summed E-state index contributed by atoms with van der Waals surface area (Å²) in [5.41, 5.74) is 0. The summed E-state index contributed by atoms with van der Waals surface area (Å²) >= 11 is 0. The van der Waals surface area contributed by atoms with Crippen molar-refractivity contribution < 1.29 is 19.1 Å². The molecule has 0 heterocycles. The van der Waals surface area contributed by atoms with Gasteiger partial charge >= 0.3 is 11.9 Å². The molecule has 23 heavy (non-hydrogen) atoms. The van der Waals surface area contributed by atoms with Crippen molar-refractivity contribution in [2.24, 2.45) is 0 Å². The fourth-order valence-electron chi connectivity index (χ4n) is 2.01. The highest BCUT2D eigenvalue weighted by Crippen LogP contribution is 2.03. The predicted octanol–water partition coefficient (Wildman–Crippen LogP) is 1.93. The summed E-state index contributed by atoms with van der Waals surface area (Å²) in [7, 11) is 6.12. The van der Waals surface area contributed by atoms with Gasteiger partial charge in [0, 0.05) is 19.4 Å². The van der Waals surface area contributed by atoms with E-state index in [4.69, 9.17) is 9.47 Å². The summed E-state index contributed by atoms with van der Waals surface area (Å²) in [6.45, 7) is 6.77. The molecule has 0 spiro atoms. The normalized spacial score (nSPS) is 12.5. The van der Waals surface area contributed by atoms with E-state index in [0.717, 1.165) is 25.9 Å². The van der Waals surface area contributed by atoms with E-state index < -0.39 is 0 Å². The molecule has 0 radical (unpaired) electrons. The van der Waals surface area contributed by atoms with Crippen LogP contribution in [0.3, 0.4) is 0 Å². The number of nitrogens with zero attached hydrogens (tertiary/aromatic N) is 2. The second-order valence-electron chi connectivity index (χ2n) is 6.27. The molecule has 0 bridgehead atoms. The smallest absolute Gasteiger partial charge is 0.307 e. The summed E-state index contributed by atoms with van der Waals surface area (Å²) in [5.74, 6) is -0.387. The summed E-state index contributed by atoms with van der Waals surface area (Å²) in [5, 5.41) is 0. The van der Waals surface area contributed by atoms with Gasteiger partial charge in [-0.2, -0.15) is 0 Å². The summed E-state index contributed by atoms with van der Waals surface area (Å²) in [4.78, 5) is 27.3. The summed E-state index contributed by atoms with van der Waals surface area (Å²) in [6, 6.07) is 0. The maximum Gasteiger partial charge on any atom is 0.307 e. The first-order chi connectivity index (χ1) is 10.8. The summed E-state index contributed by atoms with van der Waals surface area (Å²) in [6.07, 6.45) is 3.01. The van der Waals surface area contributed by atoms with Crippen LogP contribution < -0.4 is 0 Å². The van der Waals surface area contributed by atoms with Gasteiger partial charge in [-0.05, 0) is 54.0 Å². The van der Waals surface area contributed by atoms with Gasteiger partial charge in [0.1, 0.15) is 6.10 Å². The Kier molecular flexibility index (Phi) is 12.7.